The standard InChI is InChI=1S/4C18H17.2C2H6Si.2ClH.2Zr/c4*1-2-7-14-12-16-10-6-11-17(18(16)13-14)15-8-4-3-5-9-15;2*1-3-2;;;;/h4*3-6,8-13H,2,7H2,1H3;2*1-2H3;2*1H;;/q4*-1;;;;;2*+2/p-2. The largest absolute Gasteiger partial charge is 1.00 e. The minimum atomic E-state index is 0. The Morgan fingerprint density at radius 3 is 0.634 bits per heavy atom. The van der Waals surface area contributed by atoms with Gasteiger partial charge in [-0.25, -0.2) is 0 Å². The fourth-order valence-electron chi connectivity index (χ4n) is 10.4. The van der Waals surface area contributed by atoms with Gasteiger partial charge in [-0.05, 0) is 47.9 Å². The van der Waals surface area contributed by atoms with Crippen LogP contribution >= 0.6 is 0 Å². The summed E-state index contributed by atoms with van der Waals surface area (Å²) in [5, 5.41) is 11.0. The molecule has 0 spiro atoms. The average Bonchev–Trinajstić information content (AvgIpc) is 4.48. The van der Waals surface area contributed by atoms with E-state index in [1.807, 2.05) is 0 Å². The summed E-state index contributed by atoms with van der Waals surface area (Å²) in [5.74, 6) is 0. The molecule has 0 saturated carbocycles. The quantitative estimate of drug-likeness (QED) is 0.0845. The predicted molar refractivity (Wildman–Crippen MR) is 351 cm³/mol. The molecule has 0 amide bonds. The van der Waals surface area contributed by atoms with Crippen molar-refractivity contribution in [1.29, 1.82) is 0 Å². The van der Waals surface area contributed by atoms with Gasteiger partial charge in [0, 0.05) is 0 Å². The van der Waals surface area contributed by atoms with Gasteiger partial charge in [0.25, 0.3) is 0 Å². The first-order valence-electron chi connectivity index (χ1n) is 29.0. The van der Waals surface area contributed by atoms with Crippen molar-refractivity contribution in [3.8, 4) is 44.5 Å². The van der Waals surface area contributed by atoms with Crippen molar-refractivity contribution in [2.24, 2.45) is 0 Å². The molecule has 0 heterocycles. The first kappa shape index (κ1) is 67.8. The SMILES string of the molecule is CCCc1cc2c(-c3ccccc3)cccc2[cH-]1.CCCc1cc2c(-c3ccccc3)cccc2[cH-]1.CCCc1cc2c(-c3ccccc3)cccc2[cH-]1.CCCc1cc2c(-c3ccccc3)cccc2[cH-]1.C[Si](C)=[Zr+2].C[Si](C)=[Zr+2].[Cl-].[Cl-]. The average molecular weight is 1300 g/mol. The number of rotatable bonds is 12. The molecule has 0 aromatic heterocycles. The Morgan fingerprint density at radius 1 is 0.280 bits per heavy atom. The molecule has 0 aliphatic rings. The molecule has 0 fully saturated rings. The Balaban J connectivity index is 0.000000190. The molecule has 6 heteroatoms. The van der Waals surface area contributed by atoms with Gasteiger partial charge in [-0.3, -0.25) is 0 Å². The summed E-state index contributed by atoms with van der Waals surface area (Å²) in [6.07, 6.45) is 9.50. The maximum absolute atomic E-state index is 2.35. The van der Waals surface area contributed by atoms with Crippen molar-refractivity contribution in [3.63, 3.8) is 0 Å². The van der Waals surface area contributed by atoms with Crippen LogP contribution in [0.2, 0.25) is 26.2 Å². The van der Waals surface area contributed by atoms with E-state index in [0.717, 1.165) is 0 Å². The normalized spacial score (nSPS) is 10.3. The van der Waals surface area contributed by atoms with Crippen LogP contribution in [0.5, 0.6) is 0 Å². The topological polar surface area (TPSA) is 0 Å². The van der Waals surface area contributed by atoms with Gasteiger partial charge in [-0.1, -0.05) is 221 Å². The molecule has 0 unspecified atom stereocenters. The zero-order chi connectivity index (χ0) is 56.6. The Hall–Kier alpha value is -5.02. The summed E-state index contributed by atoms with van der Waals surface area (Å²) in [6.45, 7) is 18.2. The van der Waals surface area contributed by atoms with E-state index in [-0.39, 0.29) is 35.7 Å². The van der Waals surface area contributed by atoms with Crippen molar-refractivity contribution in [2.75, 3.05) is 0 Å². The third kappa shape index (κ3) is 20.1. The van der Waals surface area contributed by atoms with E-state index in [1.165, 1.54) is 161 Å². The molecule has 0 nitrogen and oxygen atoms in total. The summed E-state index contributed by atoms with van der Waals surface area (Å²) in [4.78, 5) is 0. The molecule has 12 rings (SSSR count). The first-order chi connectivity index (χ1) is 39.0. The van der Waals surface area contributed by atoms with Crippen LogP contribution in [-0.4, -0.2) is 10.9 Å². The monoisotopic (exact) mass is 1300 g/mol. The summed E-state index contributed by atoms with van der Waals surface area (Å²) in [7, 11) is 0. The van der Waals surface area contributed by atoms with Crippen LogP contribution in [0.4, 0.5) is 0 Å². The van der Waals surface area contributed by atoms with Crippen molar-refractivity contribution >= 4 is 54.0 Å². The summed E-state index contributed by atoms with van der Waals surface area (Å²) < 4.78 is 0. The molecule has 12 aromatic carbocycles. The second-order valence-corrected chi connectivity index (χ2v) is 39.9. The minimum Gasteiger partial charge on any atom is -1.00 e. The van der Waals surface area contributed by atoms with Crippen LogP contribution in [0.25, 0.3) is 87.6 Å². The van der Waals surface area contributed by atoms with E-state index in [4.69, 9.17) is 0 Å². The third-order valence-corrected chi connectivity index (χ3v) is 13.7. The number of halogens is 2. The molecule has 0 radical (unpaired) electrons. The van der Waals surface area contributed by atoms with Crippen LogP contribution in [-0.2, 0) is 72.4 Å². The van der Waals surface area contributed by atoms with Crippen LogP contribution in [0.3, 0.4) is 0 Å². The van der Waals surface area contributed by atoms with E-state index in [2.05, 4.69) is 297 Å². The molecular formula is C76H80Cl2Si2Zr2-2. The Bertz CT molecular complexity index is 3290. The van der Waals surface area contributed by atoms with E-state index in [0.29, 0.717) is 0 Å². The molecule has 0 bridgehead atoms. The zero-order valence-electron chi connectivity index (χ0n) is 49.5. The van der Waals surface area contributed by atoms with Gasteiger partial charge in [-0.15, -0.1) is 138 Å². The first-order valence-corrected chi connectivity index (χ1v) is 41.4. The second kappa shape index (κ2) is 36.0. The predicted octanol–water partition coefficient (Wildman–Crippen LogP) is 16.3. The third-order valence-electron chi connectivity index (χ3n) is 13.7. The summed E-state index contributed by atoms with van der Waals surface area (Å²) in [6, 6.07) is 87.5. The molecule has 0 atom stereocenters. The molecule has 0 N–H and O–H groups in total. The Labute approximate surface area is 534 Å². The number of hydrogen-bond donors (Lipinski definition) is 0. The second-order valence-electron chi connectivity index (χ2n) is 21.2. The maximum Gasteiger partial charge on any atom is -1.00 e. The van der Waals surface area contributed by atoms with Gasteiger partial charge < -0.3 is 24.8 Å². The van der Waals surface area contributed by atoms with Crippen molar-refractivity contribution < 1.29 is 71.5 Å². The molecule has 0 aliphatic carbocycles. The molecule has 82 heavy (non-hydrogen) atoms. The van der Waals surface area contributed by atoms with E-state index < -0.39 is 0 Å². The van der Waals surface area contributed by atoms with E-state index in [1.54, 1.807) is 46.7 Å². The maximum atomic E-state index is 2.35. The molecule has 416 valence electrons. The number of fused-ring (bicyclic) bond motifs is 4. The fraction of sp³-hybridized carbons (Fsp3) is 0.211. The fourth-order valence-corrected chi connectivity index (χ4v) is 10.4. The number of aryl methyl sites for hydroxylation is 4. The van der Waals surface area contributed by atoms with E-state index in [9.17, 15) is 0 Å². The van der Waals surface area contributed by atoms with Crippen LogP contribution in [0, 0.1) is 0 Å². The van der Waals surface area contributed by atoms with Crippen LogP contribution in [0.15, 0.2) is 243 Å². The molecule has 0 saturated heterocycles. The number of benzene rings is 8. The van der Waals surface area contributed by atoms with E-state index >= 15 is 0 Å². The van der Waals surface area contributed by atoms with Crippen LogP contribution in [0.1, 0.15) is 75.6 Å². The van der Waals surface area contributed by atoms with Gasteiger partial charge in [-0.2, -0.15) is 24.3 Å². The van der Waals surface area contributed by atoms with Gasteiger partial charge in [0.1, 0.15) is 0 Å². The molecular weight excluding hydrogens is 1220 g/mol. The van der Waals surface area contributed by atoms with Gasteiger partial charge in [0.2, 0.25) is 0 Å². The molecule has 0 aliphatic heterocycles. The minimum absolute atomic E-state index is 0. The Kier molecular flexibility index (Phi) is 29.7. The van der Waals surface area contributed by atoms with Crippen LogP contribution < -0.4 is 24.8 Å². The smallest absolute Gasteiger partial charge is 1.00 e. The Morgan fingerprint density at radius 2 is 0.463 bits per heavy atom. The van der Waals surface area contributed by atoms with Gasteiger partial charge >= 0.3 is 83.7 Å². The van der Waals surface area contributed by atoms with Crippen molar-refractivity contribution in [2.45, 2.75) is 105 Å². The summed E-state index contributed by atoms with van der Waals surface area (Å²) in [5.41, 5.74) is 16.8. The van der Waals surface area contributed by atoms with Crippen molar-refractivity contribution in [1.82, 2.24) is 0 Å². The van der Waals surface area contributed by atoms with Gasteiger partial charge in [0.05, 0.1) is 0 Å². The van der Waals surface area contributed by atoms with Gasteiger partial charge in [0.15, 0.2) is 0 Å². The summed E-state index contributed by atoms with van der Waals surface area (Å²) >= 11 is 3.48. The molecule has 12 aromatic rings. The number of hydrogen-bond acceptors (Lipinski definition) is 0. The zero-order valence-corrected chi connectivity index (χ0v) is 57.9. The van der Waals surface area contributed by atoms with Crippen molar-refractivity contribution in [3.05, 3.63) is 265 Å².